The second-order valence-corrected chi connectivity index (χ2v) is 5.48. The fraction of sp³-hybridized carbons (Fsp3) is 0.333. The number of rotatable bonds is 7. The van der Waals surface area contributed by atoms with E-state index in [9.17, 15) is 14.7 Å². The molecule has 3 atom stereocenters. The molecule has 0 saturated carbocycles. The van der Waals surface area contributed by atoms with Gasteiger partial charge < -0.3 is 9.84 Å². The van der Waals surface area contributed by atoms with Crippen LogP contribution in [0.5, 0.6) is 0 Å². The zero-order chi connectivity index (χ0) is 16.8. The molecule has 0 aromatic heterocycles. The van der Waals surface area contributed by atoms with Crippen LogP contribution in [0.25, 0.3) is 0 Å². The highest BCUT2D eigenvalue weighted by atomic mass is 16.6. The lowest BCUT2D eigenvalue weighted by molar-refractivity contribution is -0.134. The lowest BCUT2D eigenvalue weighted by Gasteiger charge is -2.25. The summed E-state index contributed by atoms with van der Waals surface area (Å²) in [6, 6.07) is 9.20. The number of hydrogen-bond donors (Lipinski definition) is 1. The maximum absolute atomic E-state index is 12.7. The van der Waals surface area contributed by atoms with Crippen molar-refractivity contribution < 1.29 is 19.4 Å². The third kappa shape index (κ3) is 3.87. The number of hydrogen-bond acceptors (Lipinski definition) is 4. The van der Waals surface area contributed by atoms with E-state index in [1.807, 2.05) is 30.3 Å². The van der Waals surface area contributed by atoms with Gasteiger partial charge in [0.05, 0.1) is 18.1 Å². The molecule has 1 saturated heterocycles. The van der Waals surface area contributed by atoms with Crippen molar-refractivity contribution in [3.63, 3.8) is 0 Å². The van der Waals surface area contributed by atoms with Crippen LogP contribution in [0.15, 0.2) is 55.6 Å². The first-order valence-electron chi connectivity index (χ1n) is 7.53. The molecule has 5 nitrogen and oxygen atoms in total. The minimum absolute atomic E-state index is 0.154. The molecule has 0 aliphatic carbocycles. The second kappa shape index (κ2) is 7.74. The number of nitrogens with zero attached hydrogens (tertiary/aromatic N) is 1. The Morgan fingerprint density at radius 3 is 2.70 bits per heavy atom. The Bertz CT molecular complexity index is 584. The molecule has 2 amide bonds. The molecule has 1 N–H and O–H groups in total. The van der Waals surface area contributed by atoms with E-state index in [1.165, 1.54) is 12.2 Å². The summed E-state index contributed by atoms with van der Waals surface area (Å²) < 4.78 is 5.04. The van der Waals surface area contributed by atoms with Gasteiger partial charge in [0.15, 0.2) is 0 Å². The molecule has 5 heteroatoms. The molecule has 0 bridgehead atoms. The lowest BCUT2D eigenvalue weighted by Crippen LogP contribution is -2.45. The predicted octanol–water partition coefficient (Wildman–Crippen LogP) is 2.32. The van der Waals surface area contributed by atoms with Gasteiger partial charge in [-0.15, -0.1) is 13.2 Å². The van der Waals surface area contributed by atoms with Crippen LogP contribution in [0.3, 0.4) is 0 Å². The second-order valence-electron chi connectivity index (χ2n) is 5.48. The molecule has 122 valence electrons. The first-order chi connectivity index (χ1) is 11.1. The molecule has 23 heavy (non-hydrogen) atoms. The fourth-order valence-corrected chi connectivity index (χ4v) is 2.67. The SMILES string of the molecule is C=CC[C@H](O)[C@@H](C=C)C(=O)N1C(=O)OC[C@H]1Cc1ccccc1. The molecule has 1 heterocycles. The minimum atomic E-state index is -0.955. The Hall–Kier alpha value is -2.40. The zero-order valence-electron chi connectivity index (χ0n) is 12.9. The Kier molecular flexibility index (Phi) is 5.71. The smallest absolute Gasteiger partial charge is 0.417 e. The van der Waals surface area contributed by atoms with Gasteiger partial charge in [-0.1, -0.05) is 42.5 Å². The zero-order valence-corrected chi connectivity index (χ0v) is 12.9. The van der Waals surface area contributed by atoms with E-state index in [-0.39, 0.29) is 19.1 Å². The van der Waals surface area contributed by atoms with Crippen LogP contribution in [0.1, 0.15) is 12.0 Å². The Balaban J connectivity index is 2.16. The monoisotopic (exact) mass is 315 g/mol. The van der Waals surface area contributed by atoms with Crippen molar-refractivity contribution in [2.24, 2.45) is 5.92 Å². The number of cyclic esters (lactones) is 1. The summed E-state index contributed by atoms with van der Waals surface area (Å²) in [7, 11) is 0. The summed E-state index contributed by atoms with van der Waals surface area (Å²) in [5.74, 6) is -1.35. The molecule has 1 aromatic carbocycles. The van der Waals surface area contributed by atoms with Crippen molar-refractivity contribution >= 4 is 12.0 Å². The maximum atomic E-state index is 12.7. The molecule has 1 fully saturated rings. The van der Waals surface area contributed by atoms with Crippen molar-refractivity contribution in [3.8, 4) is 0 Å². The van der Waals surface area contributed by atoms with Crippen molar-refractivity contribution in [3.05, 3.63) is 61.2 Å². The average Bonchev–Trinajstić information content (AvgIpc) is 2.89. The van der Waals surface area contributed by atoms with Crippen LogP contribution in [0, 0.1) is 5.92 Å². The number of aliphatic hydroxyl groups excluding tert-OH is 1. The number of amides is 2. The molecule has 2 rings (SSSR count). The molecule has 1 aromatic rings. The molecule has 0 spiro atoms. The summed E-state index contributed by atoms with van der Waals surface area (Å²) in [5, 5.41) is 10.1. The third-order valence-electron chi connectivity index (χ3n) is 3.87. The van der Waals surface area contributed by atoms with Gasteiger partial charge in [-0.2, -0.15) is 0 Å². The third-order valence-corrected chi connectivity index (χ3v) is 3.87. The van der Waals surface area contributed by atoms with Crippen molar-refractivity contribution in [1.82, 2.24) is 4.90 Å². The topological polar surface area (TPSA) is 66.8 Å². The van der Waals surface area contributed by atoms with Gasteiger partial charge in [0.2, 0.25) is 5.91 Å². The molecule has 0 unspecified atom stereocenters. The molecular formula is C18H21NO4. The first kappa shape index (κ1) is 17.0. The highest BCUT2D eigenvalue weighted by molar-refractivity contribution is 5.95. The quantitative estimate of drug-likeness (QED) is 0.784. The molecule has 1 aliphatic rings. The molecular weight excluding hydrogens is 294 g/mol. The summed E-state index contributed by atoms with van der Waals surface area (Å²) in [5.41, 5.74) is 1.01. The van der Waals surface area contributed by atoms with Crippen LogP contribution < -0.4 is 0 Å². The van der Waals surface area contributed by atoms with Crippen LogP contribution in [-0.2, 0) is 16.0 Å². The lowest BCUT2D eigenvalue weighted by atomic mass is 9.97. The molecule has 1 aliphatic heterocycles. The highest BCUT2D eigenvalue weighted by Crippen LogP contribution is 2.22. The largest absolute Gasteiger partial charge is 0.447 e. The maximum Gasteiger partial charge on any atom is 0.417 e. The van der Waals surface area contributed by atoms with E-state index in [0.29, 0.717) is 6.42 Å². The van der Waals surface area contributed by atoms with Crippen LogP contribution in [0.4, 0.5) is 4.79 Å². The van der Waals surface area contributed by atoms with E-state index in [2.05, 4.69) is 13.2 Å². The number of aliphatic hydroxyl groups is 1. The summed E-state index contributed by atoms with van der Waals surface area (Å²) in [4.78, 5) is 25.7. The Morgan fingerprint density at radius 2 is 2.09 bits per heavy atom. The first-order valence-corrected chi connectivity index (χ1v) is 7.53. The number of carbonyl (C=O) groups excluding carboxylic acids is 2. The van der Waals surface area contributed by atoms with E-state index in [4.69, 9.17) is 4.74 Å². The summed E-state index contributed by atoms with van der Waals surface area (Å²) in [6.45, 7) is 7.30. The van der Waals surface area contributed by atoms with Gasteiger partial charge in [-0.05, 0) is 18.4 Å². The normalized spacial score (nSPS) is 19.8. The summed E-state index contributed by atoms with van der Waals surface area (Å²) >= 11 is 0. The number of imide groups is 1. The van der Waals surface area contributed by atoms with Crippen LogP contribution in [0.2, 0.25) is 0 Å². The number of carbonyl (C=O) groups is 2. The predicted molar refractivity (Wildman–Crippen MR) is 86.6 cm³/mol. The fourth-order valence-electron chi connectivity index (χ4n) is 2.67. The van der Waals surface area contributed by atoms with E-state index in [1.54, 1.807) is 0 Å². The number of benzene rings is 1. The average molecular weight is 315 g/mol. The van der Waals surface area contributed by atoms with Gasteiger partial charge in [-0.25, -0.2) is 9.69 Å². The van der Waals surface area contributed by atoms with E-state index in [0.717, 1.165) is 10.5 Å². The van der Waals surface area contributed by atoms with Gasteiger partial charge in [0, 0.05) is 0 Å². The number of ether oxygens (including phenoxy) is 1. The van der Waals surface area contributed by atoms with Gasteiger partial charge >= 0.3 is 6.09 Å². The summed E-state index contributed by atoms with van der Waals surface area (Å²) in [6.07, 6.45) is 2.02. The van der Waals surface area contributed by atoms with Crippen molar-refractivity contribution in [2.75, 3.05) is 6.61 Å². The standard InChI is InChI=1S/C18H21NO4/c1-3-8-16(20)15(4-2)17(21)19-14(12-23-18(19)22)11-13-9-6-5-7-10-13/h3-7,9-10,14-16,20H,1-2,8,11-12H2/t14-,15-,16+/m1/s1. The van der Waals surface area contributed by atoms with Gasteiger partial charge in [0.25, 0.3) is 0 Å². The van der Waals surface area contributed by atoms with Crippen molar-refractivity contribution in [2.45, 2.75) is 25.0 Å². The van der Waals surface area contributed by atoms with Crippen LogP contribution in [-0.4, -0.2) is 40.8 Å². The Morgan fingerprint density at radius 1 is 1.39 bits per heavy atom. The van der Waals surface area contributed by atoms with Gasteiger partial charge in [-0.3, -0.25) is 4.79 Å². The highest BCUT2D eigenvalue weighted by Gasteiger charge is 2.41. The van der Waals surface area contributed by atoms with E-state index < -0.39 is 24.0 Å². The van der Waals surface area contributed by atoms with E-state index >= 15 is 0 Å². The molecule has 0 radical (unpaired) electrons. The Labute approximate surface area is 135 Å². The van der Waals surface area contributed by atoms with Crippen LogP contribution >= 0.6 is 0 Å². The minimum Gasteiger partial charge on any atom is -0.447 e. The van der Waals surface area contributed by atoms with Crippen molar-refractivity contribution in [1.29, 1.82) is 0 Å². The van der Waals surface area contributed by atoms with Gasteiger partial charge in [0.1, 0.15) is 6.61 Å².